The zero-order valence-corrected chi connectivity index (χ0v) is 12.1. The molecule has 0 radical (unpaired) electrons. The van der Waals surface area contributed by atoms with E-state index in [4.69, 9.17) is 0 Å². The van der Waals surface area contributed by atoms with Crippen LogP contribution in [0.15, 0.2) is 48.7 Å². The Morgan fingerprint density at radius 2 is 1.76 bits per heavy atom. The SMILES string of the molecule is O=C(NC1CCCCC1)c1ccccc1-c1ccccn1. The van der Waals surface area contributed by atoms with E-state index >= 15 is 0 Å². The smallest absolute Gasteiger partial charge is 0.252 e. The average molecular weight is 280 g/mol. The van der Waals surface area contributed by atoms with Gasteiger partial charge in [-0.15, -0.1) is 0 Å². The van der Waals surface area contributed by atoms with Crippen LogP contribution in [0.2, 0.25) is 0 Å². The summed E-state index contributed by atoms with van der Waals surface area (Å²) >= 11 is 0. The van der Waals surface area contributed by atoms with Gasteiger partial charge in [-0.1, -0.05) is 43.5 Å². The highest BCUT2D eigenvalue weighted by Gasteiger charge is 2.18. The van der Waals surface area contributed by atoms with Crippen molar-refractivity contribution in [1.29, 1.82) is 0 Å². The Bertz CT molecular complexity index is 604. The van der Waals surface area contributed by atoms with Gasteiger partial charge in [-0.2, -0.15) is 0 Å². The fourth-order valence-electron chi connectivity index (χ4n) is 2.94. The Morgan fingerprint density at radius 3 is 2.52 bits per heavy atom. The molecular weight excluding hydrogens is 260 g/mol. The maximum Gasteiger partial charge on any atom is 0.252 e. The minimum absolute atomic E-state index is 0.0168. The first-order valence-electron chi connectivity index (χ1n) is 7.66. The average Bonchev–Trinajstić information content (AvgIpc) is 2.56. The number of amides is 1. The number of benzene rings is 1. The van der Waals surface area contributed by atoms with Crippen LogP contribution in [0.4, 0.5) is 0 Å². The van der Waals surface area contributed by atoms with Gasteiger partial charge in [0.1, 0.15) is 0 Å². The van der Waals surface area contributed by atoms with Crippen molar-refractivity contribution in [3.05, 3.63) is 54.2 Å². The summed E-state index contributed by atoms with van der Waals surface area (Å²) in [5.41, 5.74) is 2.44. The number of carbonyl (C=O) groups excluding carboxylic acids is 1. The largest absolute Gasteiger partial charge is 0.349 e. The van der Waals surface area contributed by atoms with E-state index in [1.165, 1.54) is 19.3 Å². The van der Waals surface area contributed by atoms with E-state index in [0.717, 1.165) is 24.1 Å². The van der Waals surface area contributed by atoms with Crippen LogP contribution >= 0.6 is 0 Å². The number of hydrogen-bond donors (Lipinski definition) is 1. The monoisotopic (exact) mass is 280 g/mol. The van der Waals surface area contributed by atoms with E-state index in [9.17, 15) is 4.79 Å². The van der Waals surface area contributed by atoms with Gasteiger partial charge in [-0.05, 0) is 31.0 Å². The summed E-state index contributed by atoms with van der Waals surface area (Å²) in [4.78, 5) is 16.9. The third kappa shape index (κ3) is 3.30. The summed E-state index contributed by atoms with van der Waals surface area (Å²) in [5.74, 6) is 0.0168. The standard InChI is InChI=1S/C18H20N2O/c21-18(20-14-8-2-1-3-9-14)16-11-5-4-10-15(16)17-12-6-7-13-19-17/h4-7,10-14H,1-3,8-9H2,(H,20,21). The Balaban J connectivity index is 1.83. The molecular formula is C18H20N2O. The summed E-state index contributed by atoms with van der Waals surface area (Å²) in [5, 5.41) is 3.18. The van der Waals surface area contributed by atoms with Crippen LogP contribution in [0, 0.1) is 0 Å². The van der Waals surface area contributed by atoms with E-state index in [1.807, 2.05) is 42.5 Å². The Kier molecular flexibility index (Phi) is 4.29. The molecule has 0 saturated heterocycles. The number of hydrogen-bond acceptors (Lipinski definition) is 2. The molecule has 1 aliphatic rings. The predicted molar refractivity (Wildman–Crippen MR) is 84.0 cm³/mol. The number of aromatic nitrogens is 1. The molecule has 1 saturated carbocycles. The molecule has 3 nitrogen and oxygen atoms in total. The van der Waals surface area contributed by atoms with Crippen LogP contribution in [0.3, 0.4) is 0 Å². The highest BCUT2D eigenvalue weighted by atomic mass is 16.1. The highest BCUT2D eigenvalue weighted by Crippen LogP contribution is 2.23. The lowest BCUT2D eigenvalue weighted by molar-refractivity contribution is 0.0928. The first-order valence-corrected chi connectivity index (χ1v) is 7.66. The van der Waals surface area contributed by atoms with Crippen molar-refractivity contribution in [2.24, 2.45) is 0 Å². The van der Waals surface area contributed by atoms with Crippen molar-refractivity contribution >= 4 is 5.91 Å². The fourth-order valence-corrected chi connectivity index (χ4v) is 2.94. The molecule has 3 rings (SSSR count). The molecule has 1 aliphatic carbocycles. The topological polar surface area (TPSA) is 42.0 Å². The molecule has 1 heterocycles. The van der Waals surface area contributed by atoms with Crippen molar-refractivity contribution in [2.45, 2.75) is 38.1 Å². The van der Waals surface area contributed by atoms with Crippen molar-refractivity contribution in [3.8, 4) is 11.3 Å². The van der Waals surface area contributed by atoms with Gasteiger partial charge in [0.15, 0.2) is 0 Å². The van der Waals surface area contributed by atoms with Gasteiger partial charge in [0.25, 0.3) is 5.91 Å². The van der Waals surface area contributed by atoms with Crippen LogP contribution < -0.4 is 5.32 Å². The van der Waals surface area contributed by atoms with Crippen LogP contribution in [0.1, 0.15) is 42.5 Å². The van der Waals surface area contributed by atoms with Crippen molar-refractivity contribution in [1.82, 2.24) is 10.3 Å². The molecule has 1 aromatic heterocycles. The molecule has 21 heavy (non-hydrogen) atoms. The summed E-state index contributed by atoms with van der Waals surface area (Å²) in [6, 6.07) is 13.8. The number of rotatable bonds is 3. The molecule has 0 atom stereocenters. The second-order valence-electron chi connectivity index (χ2n) is 5.57. The van der Waals surface area contributed by atoms with Gasteiger partial charge in [0.2, 0.25) is 0 Å². The molecule has 1 fully saturated rings. The Hall–Kier alpha value is -2.16. The highest BCUT2D eigenvalue weighted by molar-refractivity contribution is 6.00. The van der Waals surface area contributed by atoms with Gasteiger partial charge in [-0.25, -0.2) is 0 Å². The molecule has 2 aromatic rings. The molecule has 0 unspecified atom stereocenters. The quantitative estimate of drug-likeness (QED) is 0.929. The van der Waals surface area contributed by atoms with E-state index < -0.39 is 0 Å². The molecule has 3 heteroatoms. The predicted octanol–water partition coefficient (Wildman–Crippen LogP) is 3.81. The molecule has 1 amide bonds. The van der Waals surface area contributed by atoms with Crippen LogP contribution in [0.5, 0.6) is 0 Å². The van der Waals surface area contributed by atoms with E-state index in [1.54, 1.807) is 6.20 Å². The van der Waals surface area contributed by atoms with Gasteiger partial charge >= 0.3 is 0 Å². The van der Waals surface area contributed by atoms with E-state index in [-0.39, 0.29) is 5.91 Å². The minimum atomic E-state index is 0.0168. The lowest BCUT2D eigenvalue weighted by Crippen LogP contribution is -2.36. The lowest BCUT2D eigenvalue weighted by Gasteiger charge is -2.23. The molecule has 0 spiro atoms. The van der Waals surface area contributed by atoms with Crippen molar-refractivity contribution in [3.63, 3.8) is 0 Å². The number of nitrogens with one attached hydrogen (secondary N) is 1. The first kappa shape index (κ1) is 13.8. The lowest BCUT2D eigenvalue weighted by atomic mass is 9.95. The normalized spacial score (nSPS) is 15.6. The summed E-state index contributed by atoms with van der Waals surface area (Å²) in [7, 11) is 0. The maximum absolute atomic E-state index is 12.6. The van der Waals surface area contributed by atoms with Gasteiger partial charge in [0, 0.05) is 23.4 Å². The molecule has 108 valence electrons. The fraction of sp³-hybridized carbons (Fsp3) is 0.333. The van der Waals surface area contributed by atoms with E-state index in [2.05, 4.69) is 10.3 Å². The zero-order chi connectivity index (χ0) is 14.5. The zero-order valence-electron chi connectivity index (χ0n) is 12.1. The van der Waals surface area contributed by atoms with Crippen LogP contribution in [0.25, 0.3) is 11.3 Å². The van der Waals surface area contributed by atoms with Crippen molar-refractivity contribution < 1.29 is 4.79 Å². The van der Waals surface area contributed by atoms with E-state index in [0.29, 0.717) is 11.6 Å². The molecule has 0 bridgehead atoms. The maximum atomic E-state index is 12.6. The number of pyridine rings is 1. The Morgan fingerprint density at radius 1 is 1.00 bits per heavy atom. The summed E-state index contributed by atoms with van der Waals surface area (Å²) < 4.78 is 0. The molecule has 1 aromatic carbocycles. The number of nitrogens with zero attached hydrogens (tertiary/aromatic N) is 1. The van der Waals surface area contributed by atoms with Gasteiger partial charge in [0.05, 0.1) is 5.69 Å². The van der Waals surface area contributed by atoms with Gasteiger partial charge < -0.3 is 5.32 Å². The summed E-state index contributed by atoms with van der Waals surface area (Å²) in [6.45, 7) is 0. The molecule has 1 N–H and O–H groups in total. The van der Waals surface area contributed by atoms with Crippen LogP contribution in [-0.4, -0.2) is 16.9 Å². The Labute approximate surface area is 125 Å². The van der Waals surface area contributed by atoms with Crippen LogP contribution in [-0.2, 0) is 0 Å². The number of carbonyl (C=O) groups is 1. The van der Waals surface area contributed by atoms with Gasteiger partial charge in [-0.3, -0.25) is 9.78 Å². The second-order valence-corrected chi connectivity index (χ2v) is 5.57. The summed E-state index contributed by atoms with van der Waals surface area (Å²) in [6.07, 6.45) is 7.66. The molecule has 0 aliphatic heterocycles. The third-order valence-electron chi connectivity index (χ3n) is 4.05. The second kappa shape index (κ2) is 6.53. The minimum Gasteiger partial charge on any atom is -0.349 e. The van der Waals surface area contributed by atoms with Crippen molar-refractivity contribution in [2.75, 3.05) is 0 Å². The third-order valence-corrected chi connectivity index (χ3v) is 4.05. The first-order chi connectivity index (χ1) is 10.3.